The Morgan fingerprint density at radius 3 is 2.17 bits per heavy atom. The number of nitrogens with one attached hydrogen (secondary N) is 1. The van der Waals surface area contributed by atoms with Crippen molar-refractivity contribution in [3.8, 4) is 17.2 Å². The van der Waals surface area contributed by atoms with Gasteiger partial charge in [-0.2, -0.15) is 26.3 Å². The van der Waals surface area contributed by atoms with E-state index in [0.29, 0.717) is 41.2 Å². The van der Waals surface area contributed by atoms with Crippen LogP contribution >= 0.6 is 0 Å². The lowest BCUT2D eigenvalue weighted by atomic mass is 9.90. The molecule has 2 aromatic carbocycles. The second-order valence-corrected chi connectivity index (χ2v) is 10.5. The highest BCUT2D eigenvalue weighted by atomic mass is 19.4. The Balaban J connectivity index is 1.89. The fraction of sp³-hybridized carbons (Fsp3) is 0.375. The Hall–Kier alpha value is -4.46. The van der Waals surface area contributed by atoms with Gasteiger partial charge < -0.3 is 24.6 Å². The number of imide groups is 1. The lowest BCUT2D eigenvalue weighted by Gasteiger charge is -2.33. The summed E-state index contributed by atoms with van der Waals surface area (Å²) in [6.45, 7) is 4.73. The molecule has 0 aliphatic carbocycles. The van der Waals surface area contributed by atoms with Gasteiger partial charge in [-0.05, 0) is 67.3 Å². The summed E-state index contributed by atoms with van der Waals surface area (Å²) in [6, 6.07) is 6.16. The van der Waals surface area contributed by atoms with Crippen molar-refractivity contribution in [2.24, 2.45) is 0 Å². The first-order valence-corrected chi connectivity index (χ1v) is 14.0. The van der Waals surface area contributed by atoms with Crippen LogP contribution in [0.1, 0.15) is 43.9 Å². The minimum atomic E-state index is -6.03. The van der Waals surface area contributed by atoms with Crippen LogP contribution in [-0.2, 0) is 22.4 Å². The molecule has 3 amide bonds. The van der Waals surface area contributed by atoms with Crippen molar-refractivity contribution < 1.29 is 55.2 Å². The van der Waals surface area contributed by atoms with E-state index < -0.39 is 41.0 Å². The number of alkyl halides is 6. The summed E-state index contributed by atoms with van der Waals surface area (Å²) in [5.41, 5.74) is -7.07. The third-order valence-electron chi connectivity index (χ3n) is 7.37. The van der Waals surface area contributed by atoms with Crippen LogP contribution in [0.25, 0.3) is 0 Å². The van der Waals surface area contributed by atoms with E-state index in [1.54, 1.807) is 57.2 Å². The number of rotatable bonds is 12. The van der Waals surface area contributed by atoms with Crippen LogP contribution in [-0.4, -0.2) is 55.1 Å². The fourth-order valence-corrected chi connectivity index (χ4v) is 4.81. The first-order chi connectivity index (χ1) is 21.5. The summed E-state index contributed by atoms with van der Waals surface area (Å²) < 4.78 is 96.8. The average molecular weight is 657 g/mol. The van der Waals surface area contributed by atoms with Crippen LogP contribution in [0.2, 0.25) is 0 Å². The van der Waals surface area contributed by atoms with Gasteiger partial charge in [0.15, 0.2) is 11.5 Å². The summed E-state index contributed by atoms with van der Waals surface area (Å²) in [5, 5.41) is 12.5. The Bertz CT molecular complexity index is 1520. The Morgan fingerprint density at radius 1 is 0.978 bits per heavy atom. The maximum Gasteiger partial charge on any atom is 0.430 e. The van der Waals surface area contributed by atoms with E-state index in [0.717, 1.165) is 17.2 Å². The van der Waals surface area contributed by atoms with E-state index in [2.05, 4.69) is 5.32 Å². The van der Waals surface area contributed by atoms with Gasteiger partial charge in [0.05, 0.1) is 27.0 Å². The van der Waals surface area contributed by atoms with Crippen LogP contribution < -0.4 is 19.5 Å². The maximum atomic E-state index is 13.6. The first kappa shape index (κ1) is 36.0. The highest BCUT2D eigenvalue weighted by molar-refractivity contribution is 6.07. The molecular weight excluding hydrogens is 622 g/mol. The third kappa shape index (κ3) is 7.01. The topological polar surface area (TPSA) is 97.3 Å². The number of methoxy groups -OCH3 is 2. The third-order valence-corrected chi connectivity index (χ3v) is 7.37. The molecule has 1 aliphatic heterocycles. The van der Waals surface area contributed by atoms with E-state index in [9.17, 15) is 41.0 Å². The van der Waals surface area contributed by atoms with Gasteiger partial charge in [-0.3, -0.25) is 9.69 Å². The maximum absolute atomic E-state index is 13.6. The molecule has 14 heteroatoms. The number of amides is 3. The summed E-state index contributed by atoms with van der Waals surface area (Å²) in [4.78, 5) is 27.5. The van der Waals surface area contributed by atoms with Crippen molar-refractivity contribution in [1.29, 1.82) is 0 Å². The lowest BCUT2D eigenvalue weighted by Crippen LogP contribution is -2.53. The SMILES string of the molecule is C\C=C/C=C(\C=C\Oc1ccc(C(O)(C(F)(F)F)C(F)(F)F)cc1CCC)CN1C(=O)NC(C)(c2ccc(OC)c(OC)c2)C1=O. The molecule has 1 atom stereocenters. The molecule has 250 valence electrons. The van der Waals surface area contributed by atoms with Gasteiger partial charge in [0.1, 0.15) is 11.3 Å². The molecule has 3 rings (SSSR count). The molecule has 0 saturated carbocycles. The van der Waals surface area contributed by atoms with Gasteiger partial charge in [0.2, 0.25) is 0 Å². The van der Waals surface area contributed by atoms with Crippen molar-refractivity contribution in [1.82, 2.24) is 10.2 Å². The molecule has 0 radical (unpaired) electrons. The summed E-state index contributed by atoms with van der Waals surface area (Å²) in [7, 11) is 2.89. The molecule has 1 fully saturated rings. The summed E-state index contributed by atoms with van der Waals surface area (Å²) in [5.74, 6) is 0.175. The number of carbonyl (C=O) groups is 2. The summed E-state index contributed by atoms with van der Waals surface area (Å²) >= 11 is 0. The van der Waals surface area contributed by atoms with Crippen molar-refractivity contribution in [3.63, 3.8) is 0 Å². The van der Waals surface area contributed by atoms with Crippen LogP contribution in [0, 0.1) is 0 Å². The largest absolute Gasteiger partial charge is 0.493 e. The van der Waals surface area contributed by atoms with E-state index in [-0.39, 0.29) is 24.3 Å². The molecule has 0 spiro atoms. The number of carbonyl (C=O) groups excluding carboxylic acids is 2. The minimum absolute atomic E-state index is 0.00431. The number of ether oxygens (including phenoxy) is 3. The molecule has 2 aromatic rings. The van der Waals surface area contributed by atoms with E-state index in [1.807, 2.05) is 0 Å². The molecule has 1 aliphatic rings. The van der Waals surface area contributed by atoms with Crippen molar-refractivity contribution in [3.05, 3.63) is 89.2 Å². The molecule has 2 N–H and O–H groups in total. The zero-order valence-corrected chi connectivity index (χ0v) is 25.7. The molecule has 1 heterocycles. The molecule has 46 heavy (non-hydrogen) atoms. The van der Waals surface area contributed by atoms with Gasteiger partial charge >= 0.3 is 18.4 Å². The van der Waals surface area contributed by atoms with Crippen LogP contribution in [0.15, 0.2) is 72.5 Å². The molecule has 1 saturated heterocycles. The van der Waals surface area contributed by atoms with Crippen LogP contribution in [0.3, 0.4) is 0 Å². The van der Waals surface area contributed by atoms with E-state index in [1.165, 1.54) is 20.3 Å². The Kier molecular flexibility index (Phi) is 10.9. The number of hydrogen-bond acceptors (Lipinski definition) is 6. The number of hydrogen-bond donors (Lipinski definition) is 2. The highest BCUT2D eigenvalue weighted by Crippen LogP contribution is 2.50. The molecule has 0 bridgehead atoms. The number of halogens is 6. The normalized spacial score (nSPS) is 18.1. The van der Waals surface area contributed by atoms with Crippen LogP contribution in [0.5, 0.6) is 17.2 Å². The Morgan fingerprint density at radius 2 is 1.61 bits per heavy atom. The second-order valence-electron chi connectivity index (χ2n) is 10.5. The number of nitrogens with zero attached hydrogens (tertiary/aromatic N) is 1. The van der Waals surface area contributed by atoms with Gasteiger partial charge in [-0.15, -0.1) is 0 Å². The molecule has 8 nitrogen and oxygen atoms in total. The zero-order valence-electron chi connectivity index (χ0n) is 25.7. The van der Waals surface area contributed by atoms with Crippen molar-refractivity contribution in [2.45, 2.75) is 57.1 Å². The van der Waals surface area contributed by atoms with E-state index in [4.69, 9.17) is 14.2 Å². The predicted octanol–water partition coefficient (Wildman–Crippen LogP) is 6.83. The lowest BCUT2D eigenvalue weighted by molar-refractivity contribution is -0.376. The number of benzene rings is 2. The highest BCUT2D eigenvalue weighted by Gasteiger charge is 2.71. The number of urea groups is 1. The minimum Gasteiger partial charge on any atom is -0.493 e. The Labute approximate surface area is 261 Å². The summed E-state index contributed by atoms with van der Waals surface area (Å²) in [6.07, 6.45) is -4.22. The van der Waals surface area contributed by atoms with Gasteiger partial charge in [0, 0.05) is 5.56 Å². The molecular formula is C32H34F6N2O6. The smallest absolute Gasteiger partial charge is 0.430 e. The average Bonchev–Trinajstić information content (AvgIpc) is 3.21. The quantitative estimate of drug-likeness (QED) is 0.113. The fourth-order valence-electron chi connectivity index (χ4n) is 4.81. The zero-order chi connectivity index (χ0) is 34.5. The van der Waals surface area contributed by atoms with Crippen molar-refractivity contribution >= 4 is 11.9 Å². The predicted molar refractivity (Wildman–Crippen MR) is 156 cm³/mol. The number of aryl methyl sites for hydroxylation is 1. The van der Waals surface area contributed by atoms with Gasteiger partial charge in [-0.25, -0.2) is 4.79 Å². The molecule has 1 unspecified atom stereocenters. The monoisotopic (exact) mass is 656 g/mol. The van der Waals surface area contributed by atoms with Crippen LogP contribution in [0.4, 0.5) is 31.1 Å². The molecule has 0 aromatic heterocycles. The number of allylic oxidation sites excluding steroid dienone is 3. The standard InChI is InChI=1S/C32H34F6N2O6/c1-6-8-10-20(19-40-27(41)29(3,39-28(40)42)22-11-14-25(44-4)26(18-22)45-5)15-16-46-24-13-12-23(17-21(24)9-7-2)30(43,31(33,34)35)32(36,37)38/h6,8,10-18,43H,7,9,19H2,1-5H3,(H,39,42)/b8-6-,16-15+,20-10+. The van der Waals surface area contributed by atoms with Gasteiger partial charge in [0.25, 0.3) is 11.5 Å². The number of aliphatic hydroxyl groups is 1. The van der Waals surface area contributed by atoms with Crippen molar-refractivity contribution in [2.75, 3.05) is 20.8 Å². The van der Waals surface area contributed by atoms with E-state index >= 15 is 0 Å². The second kappa shape index (κ2) is 13.9. The first-order valence-electron chi connectivity index (χ1n) is 14.0. The van der Waals surface area contributed by atoms with Gasteiger partial charge in [-0.1, -0.05) is 43.7 Å².